The Kier molecular flexibility index (Phi) is 6.27. The Bertz CT molecular complexity index is 754. The number of furan rings is 1. The summed E-state index contributed by atoms with van der Waals surface area (Å²) >= 11 is 5.09. The van der Waals surface area contributed by atoms with Gasteiger partial charge in [0.2, 0.25) is 11.8 Å². The third kappa shape index (κ3) is 5.69. The van der Waals surface area contributed by atoms with Crippen molar-refractivity contribution in [2.45, 2.75) is 13.3 Å². The first-order valence-electron chi connectivity index (χ1n) is 7.30. The molecule has 0 aliphatic carbocycles. The lowest BCUT2D eigenvalue weighted by Crippen LogP contribution is -2.32. The number of hydrogen-bond donors (Lipinski definition) is 3. The van der Waals surface area contributed by atoms with Crippen molar-refractivity contribution >= 4 is 46.6 Å². The monoisotopic (exact) mass is 343 g/mol. The Labute approximate surface area is 144 Å². The Morgan fingerprint density at radius 1 is 1.17 bits per heavy atom. The summed E-state index contributed by atoms with van der Waals surface area (Å²) < 4.78 is 5.09. The van der Waals surface area contributed by atoms with Crippen LogP contribution >= 0.6 is 12.2 Å². The zero-order valence-electron chi connectivity index (χ0n) is 13.0. The minimum absolute atomic E-state index is 0.0777. The second-order valence-electron chi connectivity index (χ2n) is 4.77. The molecule has 0 aliphatic heterocycles. The van der Waals surface area contributed by atoms with Crippen molar-refractivity contribution in [2.75, 3.05) is 10.6 Å². The van der Waals surface area contributed by atoms with Gasteiger partial charge >= 0.3 is 0 Å². The number of benzene rings is 1. The fourth-order valence-corrected chi connectivity index (χ4v) is 2.00. The van der Waals surface area contributed by atoms with Gasteiger partial charge in [-0.15, -0.1) is 0 Å². The van der Waals surface area contributed by atoms with E-state index in [-0.39, 0.29) is 16.9 Å². The molecule has 0 bridgehead atoms. The second-order valence-corrected chi connectivity index (χ2v) is 5.18. The van der Waals surface area contributed by atoms with E-state index in [0.29, 0.717) is 23.6 Å². The quantitative estimate of drug-likeness (QED) is 0.574. The van der Waals surface area contributed by atoms with E-state index in [2.05, 4.69) is 16.0 Å². The molecule has 2 rings (SSSR count). The lowest BCUT2D eigenvalue weighted by Gasteiger charge is -2.10. The van der Waals surface area contributed by atoms with Crippen LogP contribution in [0.4, 0.5) is 11.4 Å². The summed E-state index contributed by atoms with van der Waals surface area (Å²) in [4.78, 5) is 23.2. The SMILES string of the molecule is CCC(=O)Nc1cccc(NC(=S)NC(=O)C=Cc2ccco2)c1. The van der Waals surface area contributed by atoms with Crippen molar-refractivity contribution in [1.29, 1.82) is 0 Å². The molecule has 0 unspecified atom stereocenters. The molecule has 0 spiro atoms. The Hall–Kier alpha value is -2.93. The lowest BCUT2D eigenvalue weighted by atomic mass is 10.2. The van der Waals surface area contributed by atoms with Gasteiger partial charge in [-0.25, -0.2) is 0 Å². The van der Waals surface area contributed by atoms with Gasteiger partial charge in [-0.2, -0.15) is 0 Å². The zero-order valence-corrected chi connectivity index (χ0v) is 13.9. The molecule has 2 amide bonds. The third-order valence-corrected chi connectivity index (χ3v) is 3.11. The van der Waals surface area contributed by atoms with Crippen LogP contribution in [-0.4, -0.2) is 16.9 Å². The highest BCUT2D eigenvalue weighted by atomic mass is 32.1. The molecule has 1 aromatic carbocycles. The Morgan fingerprint density at radius 3 is 2.58 bits per heavy atom. The average molecular weight is 343 g/mol. The molecule has 0 fully saturated rings. The summed E-state index contributed by atoms with van der Waals surface area (Å²) in [5, 5.41) is 8.32. The number of hydrogen-bond acceptors (Lipinski definition) is 4. The number of anilines is 2. The van der Waals surface area contributed by atoms with Crippen LogP contribution in [0.15, 0.2) is 53.2 Å². The first-order valence-corrected chi connectivity index (χ1v) is 7.71. The Balaban J connectivity index is 1.88. The van der Waals surface area contributed by atoms with E-state index in [1.165, 1.54) is 12.3 Å². The number of thiocarbonyl (C=S) groups is 1. The lowest BCUT2D eigenvalue weighted by molar-refractivity contribution is -0.116. The minimum atomic E-state index is -0.376. The largest absolute Gasteiger partial charge is 0.465 e. The molecule has 6 nitrogen and oxygen atoms in total. The van der Waals surface area contributed by atoms with E-state index in [4.69, 9.17) is 16.6 Å². The van der Waals surface area contributed by atoms with Crippen LogP contribution in [0.5, 0.6) is 0 Å². The number of carbonyl (C=O) groups excluding carboxylic acids is 2. The van der Waals surface area contributed by atoms with Gasteiger partial charge in [0.05, 0.1) is 6.26 Å². The van der Waals surface area contributed by atoms with Crippen LogP contribution in [0.2, 0.25) is 0 Å². The summed E-state index contributed by atoms with van der Waals surface area (Å²) in [5.41, 5.74) is 1.31. The number of nitrogens with one attached hydrogen (secondary N) is 3. The summed E-state index contributed by atoms with van der Waals surface area (Å²) in [6.07, 6.45) is 4.78. The van der Waals surface area contributed by atoms with Crippen molar-refractivity contribution in [3.05, 3.63) is 54.5 Å². The van der Waals surface area contributed by atoms with E-state index in [1.54, 1.807) is 49.4 Å². The molecule has 124 valence electrons. The minimum Gasteiger partial charge on any atom is -0.465 e. The average Bonchev–Trinajstić information content (AvgIpc) is 3.06. The van der Waals surface area contributed by atoms with E-state index in [0.717, 1.165) is 0 Å². The molecule has 0 saturated heterocycles. The van der Waals surface area contributed by atoms with Crippen LogP contribution in [-0.2, 0) is 9.59 Å². The van der Waals surface area contributed by atoms with Gasteiger partial charge in [-0.05, 0) is 48.6 Å². The predicted octanol–water partition coefficient (Wildman–Crippen LogP) is 3.15. The van der Waals surface area contributed by atoms with Crippen LogP contribution in [0.25, 0.3) is 6.08 Å². The van der Waals surface area contributed by atoms with E-state index in [9.17, 15) is 9.59 Å². The molecule has 3 N–H and O–H groups in total. The summed E-state index contributed by atoms with van der Waals surface area (Å²) in [6.45, 7) is 1.78. The molecule has 0 aliphatic rings. The summed E-state index contributed by atoms with van der Waals surface area (Å²) in [7, 11) is 0. The van der Waals surface area contributed by atoms with E-state index >= 15 is 0 Å². The molecule has 7 heteroatoms. The molecule has 0 atom stereocenters. The predicted molar refractivity (Wildman–Crippen MR) is 97.5 cm³/mol. The fourth-order valence-electron chi connectivity index (χ4n) is 1.78. The van der Waals surface area contributed by atoms with Crippen molar-refractivity contribution < 1.29 is 14.0 Å². The first-order chi connectivity index (χ1) is 11.6. The highest BCUT2D eigenvalue weighted by Gasteiger charge is 2.04. The third-order valence-electron chi connectivity index (χ3n) is 2.90. The van der Waals surface area contributed by atoms with Gasteiger partial charge < -0.3 is 15.1 Å². The molecular formula is C17H17N3O3S. The van der Waals surface area contributed by atoms with Crippen LogP contribution in [0, 0.1) is 0 Å². The van der Waals surface area contributed by atoms with Gasteiger partial charge in [-0.3, -0.25) is 14.9 Å². The van der Waals surface area contributed by atoms with Crippen LogP contribution in [0.3, 0.4) is 0 Å². The summed E-state index contributed by atoms with van der Waals surface area (Å²) in [5.74, 6) is 0.119. The molecule has 0 saturated carbocycles. The fraction of sp³-hybridized carbons (Fsp3) is 0.118. The van der Waals surface area contributed by atoms with Gasteiger partial charge in [0.1, 0.15) is 5.76 Å². The second kappa shape index (κ2) is 8.64. The number of carbonyl (C=O) groups is 2. The van der Waals surface area contributed by atoms with Crippen LogP contribution in [0.1, 0.15) is 19.1 Å². The topological polar surface area (TPSA) is 83.4 Å². The summed E-state index contributed by atoms with van der Waals surface area (Å²) in [6, 6.07) is 10.5. The molecule has 24 heavy (non-hydrogen) atoms. The van der Waals surface area contributed by atoms with Crippen molar-refractivity contribution in [3.8, 4) is 0 Å². The standard InChI is InChI=1S/C17H17N3O3S/c1-2-15(21)18-12-5-3-6-13(11-12)19-17(24)20-16(22)9-8-14-7-4-10-23-14/h3-11H,2H2,1H3,(H,18,21)(H2,19,20,22,24). The number of amides is 2. The van der Waals surface area contributed by atoms with Crippen molar-refractivity contribution in [2.24, 2.45) is 0 Å². The molecule has 1 aromatic heterocycles. The Morgan fingerprint density at radius 2 is 1.92 bits per heavy atom. The highest BCUT2D eigenvalue weighted by molar-refractivity contribution is 7.80. The maximum absolute atomic E-state index is 11.8. The normalized spacial score (nSPS) is 10.4. The molecule has 2 aromatic rings. The van der Waals surface area contributed by atoms with Gasteiger partial charge in [-0.1, -0.05) is 13.0 Å². The molecular weight excluding hydrogens is 326 g/mol. The number of rotatable bonds is 5. The zero-order chi connectivity index (χ0) is 17.4. The van der Waals surface area contributed by atoms with Gasteiger partial charge in [0.25, 0.3) is 0 Å². The smallest absolute Gasteiger partial charge is 0.250 e. The van der Waals surface area contributed by atoms with Gasteiger partial charge in [0.15, 0.2) is 5.11 Å². The molecule has 0 radical (unpaired) electrons. The van der Waals surface area contributed by atoms with E-state index in [1.807, 2.05) is 0 Å². The van der Waals surface area contributed by atoms with Crippen molar-refractivity contribution in [1.82, 2.24) is 5.32 Å². The maximum Gasteiger partial charge on any atom is 0.250 e. The van der Waals surface area contributed by atoms with Crippen molar-refractivity contribution in [3.63, 3.8) is 0 Å². The van der Waals surface area contributed by atoms with Crippen LogP contribution < -0.4 is 16.0 Å². The first kappa shape index (κ1) is 17.4. The maximum atomic E-state index is 11.8. The highest BCUT2D eigenvalue weighted by Crippen LogP contribution is 2.15. The molecule has 1 heterocycles. The van der Waals surface area contributed by atoms with Gasteiger partial charge in [0, 0.05) is 23.9 Å². The van der Waals surface area contributed by atoms with E-state index < -0.39 is 0 Å².